The van der Waals surface area contributed by atoms with Gasteiger partial charge in [-0.2, -0.15) is 8.75 Å². The SMILES string of the molecule is Cl.O=C(c1cnsn1)N(Cc1ccccn1)C1CCCNCC1. The average molecular weight is 354 g/mol. The Hall–Kier alpha value is -1.57. The van der Waals surface area contributed by atoms with E-state index in [4.69, 9.17) is 0 Å². The van der Waals surface area contributed by atoms with Gasteiger partial charge in [-0.1, -0.05) is 6.07 Å². The highest BCUT2D eigenvalue weighted by molar-refractivity contribution is 6.99. The van der Waals surface area contributed by atoms with Crippen LogP contribution in [0.1, 0.15) is 35.4 Å². The van der Waals surface area contributed by atoms with Crippen LogP contribution < -0.4 is 5.32 Å². The van der Waals surface area contributed by atoms with Gasteiger partial charge in [-0.05, 0) is 44.5 Å². The van der Waals surface area contributed by atoms with Gasteiger partial charge in [0.05, 0.1) is 30.2 Å². The van der Waals surface area contributed by atoms with E-state index in [0.29, 0.717) is 12.2 Å². The molecular formula is C15H20ClN5OS. The molecule has 0 aliphatic carbocycles. The molecule has 2 aromatic heterocycles. The summed E-state index contributed by atoms with van der Waals surface area (Å²) in [5, 5.41) is 3.39. The highest BCUT2D eigenvalue weighted by atomic mass is 35.5. The number of hydrogen-bond donors (Lipinski definition) is 1. The number of aromatic nitrogens is 3. The summed E-state index contributed by atoms with van der Waals surface area (Å²) in [5.74, 6) is -0.0497. The van der Waals surface area contributed by atoms with E-state index in [1.807, 2.05) is 23.1 Å². The van der Waals surface area contributed by atoms with E-state index in [1.165, 1.54) is 0 Å². The zero-order valence-electron chi connectivity index (χ0n) is 12.7. The van der Waals surface area contributed by atoms with E-state index in [-0.39, 0.29) is 24.4 Å². The zero-order valence-corrected chi connectivity index (χ0v) is 14.4. The van der Waals surface area contributed by atoms with Crippen LogP contribution in [-0.4, -0.2) is 43.7 Å². The molecule has 1 N–H and O–H groups in total. The Balaban J connectivity index is 0.00000192. The Morgan fingerprint density at radius 1 is 1.35 bits per heavy atom. The van der Waals surface area contributed by atoms with Gasteiger partial charge >= 0.3 is 0 Å². The molecule has 23 heavy (non-hydrogen) atoms. The molecule has 0 aromatic carbocycles. The first-order valence-corrected chi connectivity index (χ1v) is 8.27. The third kappa shape index (κ3) is 4.70. The highest BCUT2D eigenvalue weighted by Crippen LogP contribution is 2.18. The topological polar surface area (TPSA) is 71.0 Å². The molecule has 1 atom stereocenters. The largest absolute Gasteiger partial charge is 0.328 e. The van der Waals surface area contributed by atoms with Crippen LogP contribution in [0, 0.1) is 0 Å². The molecule has 0 saturated carbocycles. The second-order valence-corrected chi connectivity index (χ2v) is 5.94. The summed E-state index contributed by atoms with van der Waals surface area (Å²) in [5.41, 5.74) is 1.33. The fraction of sp³-hybridized carbons (Fsp3) is 0.467. The predicted octanol–water partition coefficient (Wildman–Crippen LogP) is 2.14. The molecule has 0 spiro atoms. The molecule has 6 nitrogen and oxygen atoms in total. The lowest BCUT2D eigenvalue weighted by Gasteiger charge is -2.30. The Morgan fingerprint density at radius 3 is 3.00 bits per heavy atom. The van der Waals surface area contributed by atoms with Crippen LogP contribution in [0.25, 0.3) is 0 Å². The highest BCUT2D eigenvalue weighted by Gasteiger charge is 2.27. The maximum absolute atomic E-state index is 12.8. The lowest BCUT2D eigenvalue weighted by Crippen LogP contribution is -2.40. The molecule has 1 saturated heterocycles. The van der Waals surface area contributed by atoms with Gasteiger partial charge in [0.25, 0.3) is 5.91 Å². The summed E-state index contributed by atoms with van der Waals surface area (Å²) >= 11 is 1.07. The maximum Gasteiger partial charge on any atom is 0.275 e. The number of carbonyl (C=O) groups is 1. The molecule has 0 radical (unpaired) electrons. The van der Waals surface area contributed by atoms with Gasteiger partial charge in [0.15, 0.2) is 5.69 Å². The van der Waals surface area contributed by atoms with Gasteiger partial charge < -0.3 is 10.2 Å². The van der Waals surface area contributed by atoms with Crippen LogP contribution in [0.3, 0.4) is 0 Å². The van der Waals surface area contributed by atoms with E-state index in [9.17, 15) is 4.79 Å². The van der Waals surface area contributed by atoms with Gasteiger partial charge in [-0.25, -0.2) is 0 Å². The summed E-state index contributed by atoms with van der Waals surface area (Å²) in [6.07, 6.45) is 6.34. The molecule has 3 rings (SSSR count). The summed E-state index contributed by atoms with van der Waals surface area (Å²) in [6.45, 7) is 2.47. The summed E-state index contributed by atoms with van der Waals surface area (Å²) in [4.78, 5) is 19.1. The van der Waals surface area contributed by atoms with Crippen molar-refractivity contribution in [3.63, 3.8) is 0 Å². The zero-order chi connectivity index (χ0) is 15.2. The minimum absolute atomic E-state index is 0. The molecule has 1 aliphatic rings. The summed E-state index contributed by atoms with van der Waals surface area (Å²) in [7, 11) is 0. The third-order valence-corrected chi connectivity index (χ3v) is 4.36. The number of nitrogens with one attached hydrogen (secondary N) is 1. The van der Waals surface area contributed by atoms with Gasteiger partial charge in [-0.15, -0.1) is 12.4 Å². The van der Waals surface area contributed by atoms with Crippen molar-refractivity contribution in [1.29, 1.82) is 0 Å². The molecule has 8 heteroatoms. The lowest BCUT2D eigenvalue weighted by atomic mass is 10.1. The number of rotatable bonds is 4. The van der Waals surface area contributed by atoms with E-state index in [1.54, 1.807) is 12.4 Å². The summed E-state index contributed by atoms with van der Waals surface area (Å²) in [6, 6.07) is 6.00. The van der Waals surface area contributed by atoms with Crippen molar-refractivity contribution in [2.75, 3.05) is 13.1 Å². The molecule has 1 amide bonds. The van der Waals surface area contributed by atoms with Crippen molar-refractivity contribution < 1.29 is 4.79 Å². The van der Waals surface area contributed by atoms with E-state index < -0.39 is 0 Å². The van der Waals surface area contributed by atoms with Gasteiger partial charge in [0.2, 0.25) is 0 Å². The number of hydrogen-bond acceptors (Lipinski definition) is 6. The second-order valence-electron chi connectivity index (χ2n) is 5.38. The number of pyridine rings is 1. The third-order valence-electron chi connectivity index (χ3n) is 3.89. The fourth-order valence-corrected chi connectivity index (χ4v) is 3.16. The molecule has 1 fully saturated rings. The van der Waals surface area contributed by atoms with Crippen molar-refractivity contribution in [1.82, 2.24) is 23.9 Å². The van der Waals surface area contributed by atoms with Crippen molar-refractivity contribution in [3.05, 3.63) is 42.0 Å². The van der Waals surface area contributed by atoms with Gasteiger partial charge in [-0.3, -0.25) is 9.78 Å². The van der Waals surface area contributed by atoms with Crippen molar-refractivity contribution >= 4 is 30.0 Å². The monoisotopic (exact) mass is 353 g/mol. The quantitative estimate of drug-likeness (QED) is 0.911. The Bertz CT molecular complexity index is 587. The fourth-order valence-electron chi connectivity index (χ4n) is 2.75. The Kier molecular flexibility index (Phi) is 6.88. The van der Waals surface area contributed by atoms with Crippen molar-refractivity contribution in [3.8, 4) is 0 Å². The van der Waals surface area contributed by atoms with E-state index in [2.05, 4.69) is 19.0 Å². The Morgan fingerprint density at radius 2 is 2.26 bits per heavy atom. The van der Waals surface area contributed by atoms with Crippen LogP contribution in [0.5, 0.6) is 0 Å². The van der Waals surface area contributed by atoms with Gasteiger partial charge in [0.1, 0.15) is 0 Å². The van der Waals surface area contributed by atoms with Gasteiger partial charge in [0, 0.05) is 12.2 Å². The lowest BCUT2D eigenvalue weighted by molar-refractivity contribution is 0.0637. The minimum Gasteiger partial charge on any atom is -0.328 e. The van der Waals surface area contributed by atoms with Crippen LogP contribution in [0.4, 0.5) is 0 Å². The molecule has 1 aliphatic heterocycles. The molecule has 0 bridgehead atoms. The van der Waals surface area contributed by atoms with E-state index in [0.717, 1.165) is 49.8 Å². The van der Waals surface area contributed by atoms with Crippen LogP contribution in [0.2, 0.25) is 0 Å². The molecule has 3 heterocycles. The number of amides is 1. The standard InChI is InChI=1S/C15H19N5OS.ClH/c21-15(14-10-18-22-19-14)20(11-12-4-1-2-8-17-12)13-5-3-7-16-9-6-13;/h1-2,4,8,10,13,16H,3,5-7,9,11H2;1H. The average Bonchev–Trinajstić information content (AvgIpc) is 2.96. The summed E-state index contributed by atoms with van der Waals surface area (Å²) < 4.78 is 8.05. The van der Waals surface area contributed by atoms with Crippen molar-refractivity contribution in [2.24, 2.45) is 0 Å². The first kappa shape index (κ1) is 17.8. The van der Waals surface area contributed by atoms with Crippen LogP contribution in [-0.2, 0) is 6.54 Å². The maximum atomic E-state index is 12.8. The Labute approximate surface area is 146 Å². The van der Waals surface area contributed by atoms with Crippen LogP contribution in [0.15, 0.2) is 30.6 Å². The molecule has 2 aromatic rings. The smallest absolute Gasteiger partial charge is 0.275 e. The number of carbonyl (C=O) groups excluding carboxylic acids is 1. The number of nitrogens with zero attached hydrogens (tertiary/aromatic N) is 4. The minimum atomic E-state index is -0.0497. The number of halogens is 1. The van der Waals surface area contributed by atoms with Crippen molar-refractivity contribution in [2.45, 2.75) is 31.8 Å². The predicted molar refractivity (Wildman–Crippen MR) is 91.8 cm³/mol. The van der Waals surface area contributed by atoms with E-state index >= 15 is 0 Å². The first-order chi connectivity index (χ1) is 10.8. The van der Waals surface area contributed by atoms with Crippen LogP contribution >= 0.6 is 24.1 Å². The molecule has 124 valence electrons. The molecular weight excluding hydrogens is 334 g/mol. The molecule has 1 unspecified atom stereocenters. The second kappa shape index (κ2) is 8.90. The first-order valence-electron chi connectivity index (χ1n) is 7.54. The normalized spacial score (nSPS) is 17.8.